The summed E-state index contributed by atoms with van der Waals surface area (Å²) in [6, 6.07) is 3.46. The smallest absolute Gasteiger partial charge is 0.303 e. The van der Waals surface area contributed by atoms with E-state index in [0.717, 1.165) is 11.1 Å². The third-order valence-electron chi connectivity index (χ3n) is 2.63. The molecule has 0 heterocycles. The number of aromatic hydroxyl groups is 1. The zero-order valence-corrected chi connectivity index (χ0v) is 10.4. The van der Waals surface area contributed by atoms with E-state index in [-0.39, 0.29) is 17.6 Å². The van der Waals surface area contributed by atoms with Gasteiger partial charge in [0.2, 0.25) is 0 Å². The van der Waals surface area contributed by atoms with Crippen molar-refractivity contribution in [1.29, 1.82) is 0 Å². The molecule has 0 bridgehead atoms. The molecular weight excluding hydrogens is 218 g/mol. The second kappa shape index (κ2) is 4.65. The Hall–Kier alpha value is -1.71. The number of benzene rings is 1. The standard InChI is InChI=1S/C13H19NO3/c1-13(2,3)9-6-8(4-5-11(15)16)7-10(14)12(9)17/h6-7,17H,4-5,14H2,1-3H3,(H,15,16). The van der Waals surface area contributed by atoms with E-state index in [1.54, 1.807) is 6.07 Å². The van der Waals surface area contributed by atoms with Crippen LogP contribution in [0.2, 0.25) is 0 Å². The van der Waals surface area contributed by atoms with Gasteiger partial charge in [0.25, 0.3) is 0 Å². The number of carbonyl (C=O) groups is 1. The number of nitrogens with two attached hydrogens (primary N) is 1. The Morgan fingerprint density at radius 1 is 1.35 bits per heavy atom. The fourth-order valence-corrected chi connectivity index (χ4v) is 1.69. The molecule has 17 heavy (non-hydrogen) atoms. The summed E-state index contributed by atoms with van der Waals surface area (Å²) in [5, 5.41) is 18.5. The minimum Gasteiger partial charge on any atom is -0.505 e. The molecule has 0 aromatic heterocycles. The molecule has 0 unspecified atom stereocenters. The van der Waals surface area contributed by atoms with E-state index in [1.807, 2.05) is 26.8 Å². The molecule has 0 spiro atoms. The number of nitrogen functional groups attached to an aromatic ring is 1. The number of hydrogen-bond donors (Lipinski definition) is 3. The molecular formula is C13H19NO3. The van der Waals surface area contributed by atoms with Crippen molar-refractivity contribution in [3.63, 3.8) is 0 Å². The van der Waals surface area contributed by atoms with E-state index in [2.05, 4.69) is 0 Å². The van der Waals surface area contributed by atoms with Gasteiger partial charge in [-0.3, -0.25) is 4.79 Å². The topological polar surface area (TPSA) is 83.5 Å². The maximum atomic E-state index is 10.5. The third-order valence-corrected chi connectivity index (χ3v) is 2.63. The summed E-state index contributed by atoms with van der Waals surface area (Å²) in [6.45, 7) is 5.92. The van der Waals surface area contributed by atoms with E-state index in [0.29, 0.717) is 12.1 Å². The summed E-state index contributed by atoms with van der Waals surface area (Å²) in [6.07, 6.45) is 0.483. The van der Waals surface area contributed by atoms with Gasteiger partial charge in [-0.15, -0.1) is 0 Å². The summed E-state index contributed by atoms with van der Waals surface area (Å²) in [4.78, 5) is 10.5. The van der Waals surface area contributed by atoms with Crippen LogP contribution in [0, 0.1) is 0 Å². The maximum Gasteiger partial charge on any atom is 0.303 e. The summed E-state index contributed by atoms with van der Waals surface area (Å²) in [5.41, 5.74) is 7.39. The quantitative estimate of drug-likeness (QED) is 0.556. The van der Waals surface area contributed by atoms with Gasteiger partial charge in [-0.05, 0) is 23.5 Å². The van der Waals surface area contributed by atoms with Crippen molar-refractivity contribution >= 4 is 11.7 Å². The molecule has 94 valence electrons. The lowest BCUT2D eigenvalue weighted by atomic mass is 9.84. The molecule has 4 N–H and O–H groups in total. The molecule has 0 fully saturated rings. The van der Waals surface area contributed by atoms with Crippen LogP contribution < -0.4 is 5.73 Å². The minimum absolute atomic E-state index is 0.0633. The van der Waals surface area contributed by atoms with E-state index >= 15 is 0 Å². The molecule has 0 saturated carbocycles. The first-order valence-electron chi connectivity index (χ1n) is 5.55. The monoisotopic (exact) mass is 237 g/mol. The van der Waals surface area contributed by atoms with Crippen LogP contribution in [0.4, 0.5) is 5.69 Å². The molecule has 0 aliphatic heterocycles. The fraction of sp³-hybridized carbons (Fsp3) is 0.462. The lowest BCUT2D eigenvalue weighted by molar-refractivity contribution is -0.136. The third kappa shape index (κ3) is 3.37. The summed E-state index contributed by atoms with van der Waals surface area (Å²) in [5.74, 6) is -0.745. The van der Waals surface area contributed by atoms with Crippen LogP contribution >= 0.6 is 0 Å². The maximum absolute atomic E-state index is 10.5. The number of aliphatic carboxylic acids is 1. The van der Waals surface area contributed by atoms with E-state index < -0.39 is 5.97 Å². The molecule has 4 heteroatoms. The number of aryl methyl sites for hydroxylation is 1. The van der Waals surface area contributed by atoms with Crippen LogP contribution in [0.3, 0.4) is 0 Å². The number of phenolic OH excluding ortho intramolecular Hbond substituents is 1. The molecule has 0 amide bonds. The largest absolute Gasteiger partial charge is 0.505 e. The lowest BCUT2D eigenvalue weighted by Crippen LogP contribution is -2.13. The highest BCUT2D eigenvalue weighted by Gasteiger charge is 2.20. The van der Waals surface area contributed by atoms with Gasteiger partial charge in [0, 0.05) is 12.0 Å². The zero-order valence-electron chi connectivity index (χ0n) is 10.4. The number of rotatable bonds is 3. The Bertz CT molecular complexity index is 433. The summed E-state index contributed by atoms with van der Waals surface area (Å²) < 4.78 is 0. The van der Waals surface area contributed by atoms with Crippen molar-refractivity contribution in [2.24, 2.45) is 0 Å². The SMILES string of the molecule is CC(C)(C)c1cc(CCC(=O)O)cc(N)c1O. The first-order valence-corrected chi connectivity index (χ1v) is 5.55. The van der Waals surface area contributed by atoms with Crippen LogP contribution in [0.15, 0.2) is 12.1 Å². The highest BCUT2D eigenvalue weighted by Crippen LogP contribution is 2.36. The highest BCUT2D eigenvalue weighted by atomic mass is 16.4. The molecule has 0 aliphatic rings. The highest BCUT2D eigenvalue weighted by molar-refractivity contribution is 5.67. The van der Waals surface area contributed by atoms with Gasteiger partial charge < -0.3 is 15.9 Å². The average Bonchev–Trinajstić information content (AvgIpc) is 2.17. The fourth-order valence-electron chi connectivity index (χ4n) is 1.69. The van der Waals surface area contributed by atoms with Gasteiger partial charge in [0.1, 0.15) is 5.75 Å². The molecule has 0 atom stereocenters. The van der Waals surface area contributed by atoms with E-state index in [1.165, 1.54) is 0 Å². The van der Waals surface area contributed by atoms with E-state index in [9.17, 15) is 9.90 Å². The van der Waals surface area contributed by atoms with Crippen LogP contribution in [0.1, 0.15) is 38.3 Å². The van der Waals surface area contributed by atoms with Crippen LogP contribution in [0.25, 0.3) is 0 Å². The average molecular weight is 237 g/mol. The number of anilines is 1. The first-order chi connectivity index (χ1) is 7.71. The van der Waals surface area contributed by atoms with Gasteiger partial charge in [-0.25, -0.2) is 0 Å². The van der Waals surface area contributed by atoms with Gasteiger partial charge in [0.15, 0.2) is 0 Å². The molecule has 0 saturated heterocycles. The van der Waals surface area contributed by atoms with Crippen molar-refractivity contribution in [3.05, 3.63) is 23.3 Å². The molecule has 4 nitrogen and oxygen atoms in total. The number of carboxylic acids is 1. The Morgan fingerprint density at radius 2 is 1.94 bits per heavy atom. The van der Waals surface area contributed by atoms with Crippen LogP contribution in [0.5, 0.6) is 5.75 Å². The molecule has 1 aromatic carbocycles. The van der Waals surface area contributed by atoms with Crippen molar-refractivity contribution in [1.82, 2.24) is 0 Å². The Morgan fingerprint density at radius 3 is 2.41 bits per heavy atom. The van der Waals surface area contributed by atoms with Crippen molar-refractivity contribution in [2.75, 3.05) is 5.73 Å². The van der Waals surface area contributed by atoms with Gasteiger partial charge in [0.05, 0.1) is 5.69 Å². The van der Waals surface area contributed by atoms with Gasteiger partial charge in [-0.2, -0.15) is 0 Å². The van der Waals surface area contributed by atoms with Gasteiger partial charge >= 0.3 is 5.97 Å². The Labute approximate surface area is 101 Å². The van der Waals surface area contributed by atoms with Crippen molar-refractivity contribution < 1.29 is 15.0 Å². The second-order valence-electron chi connectivity index (χ2n) is 5.22. The predicted molar refractivity (Wildman–Crippen MR) is 67.2 cm³/mol. The first kappa shape index (κ1) is 13.4. The minimum atomic E-state index is -0.839. The number of carboxylic acid groups (broad SMARTS) is 1. The lowest BCUT2D eigenvalue weighted by Gasteiger charge is -2.22. The summed E-state index contributed by atoms with van der Waals surface area (Å²) in [7, 11) is 0. The molecule has 1 rings (SSSR count). The van der Waals surface area contributed by atoms with Crippen molar-refractivity contribution in [3.8, 4) is 5.75 Å². The van der Waals surface area contributed by atoms with Gasteiger partial charge in [-0.1, -0.05) is 26.8 Å². The normalized spacial score (nSPS) is 11.5. The van der Waals surface area contributed by atoms with E-state index in [4.69, 9.17) is 10.8 Å². The number of phenols is 1. The Balaban J connectivity index is 3.11. The van der Waals surface area contributed by atoms with Crippen molar-refractivity contribution in [2.45, 2.75) is 39.0 Å². The molecule has 0 aliphatic carbocycles. The van der Waals surface area contributed by atoms with Crippen LogP contribution in [-0.4, -0.2) is 16.2 Å². The molecule has 0 radical (unpaired) electrons. The zero-order chi connectivity index (χ0) is 13.2. The predicted octanol–water partition coefficient (Wildman–Crippen LogP) is 2.29. The number of hydrogen-bond acceptors (Lipinski definition) is 3. The summed E-state index contributed by atoms with van der Waals surface area (Å²) >= 11 is 0. The second-order valence-corrected chi connectivity index (χ2v) is 5.22. The Kier molecular flexibility index (Phi) is 3.66. The molecule has 1 aromatic rings. The van der Waals surface area contributed by atoms with Crippen LogP contribution in [-0.2, 0) is 16.6 Å².